The minimum atomic E-state index is -1.17. The van der Waals surface area contributed by atoms with Crippen LogP contribution in [-0.4, -0.2) is 35.4 Å². The molecule has 4 heterocycles. The third kappa shape index (κ3) is 7.58. The molecule has 5 aromatic rings. The summed E-state index contributed by atoms with van der Waals surface area (Å²) in [5, 5.41) is 10.8. The van der Waals surface area contributed by atoms with E-state index >= 15 is 0 Å². The van der Waals surface area contributed by atoms with Crippen molar-refractivity contribution >= 4 is 22.9 Å². The molecule has 4 aromatic carbocycles. The van der Waals surface area contributed by atoms with Gasteiger partial charge in [0.1, 0.15) is 16.9 Å². The number of aliphatic hydroxyl groups is 1. The molecule has 0 spiro atoms. The van der Waals surface area contributed by atoms with Crippen molar-refractivity contribution in [1.82, 2.24) is 0 Å². The minimum absolute atomic E-state index is 0.0498. The van der Waals surface area contributed by atoms with E-state index < -0.39 is 35.4 Å². The quantitative estimate of drug-likeness (QED) is 0.0840. The molecule has 0 amide bonds. The molecule has 5 unspecified atom stereocenters. The lowest BCUT2D eigenvalue weighted by atomic mass is 9.72. The zero-order valence-corrected chi connectivity index (χ0v) is 31.9. The Morgan fingerprint density at radius 1 is 0.804 bits per heavy atom. The Kier molecular flexibility index (Phi) is 10.2. The van der Waals surface area contributed by atoms with Crippen molar-refractivity contribution in [3.05, 3.63) is 170 Å². The lowest BCUT2D eigenvalue weighted by Crippen LogP contribution is -2.52. The van der Waals surface area contributed by atoms with Gasteiger partial charge in [0.05, 0.1) is 12.2 Å². The van der Waals surface area contributed by atoms with E-state index in [1.807, 2.05) is 6.07 Å². The predicted octanol–water partition coefficient (Wildman–Crippen LogP) is 8.84. The van der Waals surface area contributed by atoms with Crippen LogP contribution in [0, 0.1) is 5.92 Å². The summed E-state index contributed by atoms with van der Waals surface area (Å²) in [6, 6.07) is 34.0. The average molecular weight is 751 g/mol. The normalized spacial score (nSPS) is 24.2. The fourth-order valence-electron chi connectivity index (χ4n) is 8.60. The number of aliphatic hydroxyl groups excluding tert-OH is 1. The zero-order valence-electron chi connectivity index (χ0n) is 31.9. The van der Waals surface area contributed by atoms with Gasteiger partial charge >= 0.3 is 17.6 Å². The largest absolute Gasteiger partial charge is 0.483 e. The van der Waals surface area contributed by atoms with Crippen LogP contribution in [-0.2, 0) is 31.9 Å². The van der Waals surface area contributed by atoms with Gasteiger partial charge in [-0.15, -0.1) is 0 Å². The first-order valence-electron chi connectivity index (χ1n) is 19.4. The predicted molar refractivity (Wildman–Crippen MR) is 213 cm³/mol. The Hall–Kier alpha value is -5.73. The lowest BCUT2D eigenvalue weighted by molar-refractivity contribution is -0.188. The monoisotopic (exact) mass is 750 g/mol. The number of fused-ring (bicyclic) bond motifs is 11. The molecule has 1 N–H and O–H groups in total. The highest BCUT2D eigenvalue weighted by atomic mass is 16.6. The van der Waals surface area contributed by atoms with E-state index in [1.54, 1.807) is 39.0 Å². The number of aryl methyl sites for hydroxylation is 1. The average Bonchev–Trinajstić information content (AvgIpc) is 3.19. The molecule has 5 atom stereocenters. The van der Waals surface area contributed by atoms with Crippen molar-refractivity contribution in [2.45, 2.75) is 82.5 Å². The first-order valence-corrected chi connectivity index (χ1v) is 19.4. The molecule has 1 aliphatic carbocycles. The van der Waals surface area contributed by atoms with Gasteiger partial charge in [-0.25, -0.2) is 9.59 Å². The summed E-state index contributed by atoms with van der Waals surface area (Å²) in [5.74, 6) is -0.821. The first kappa shape index (κ1) is 37.2. The molecule has 56 heavy (non-hydrogen) atoms. The van der Waals surface area contributed by atoms with E-state index in [1.165, 1.54) is 22.8 Å². The van der Waals surface area contributed by atoms with Crippen LogP contribution in [0.1, 0.15) is 91.4 Å². The van der Waals surface area contributed by atoms with Crippen molar-refractivity contribution in [2.75, 3.05) is 6.61 Å². The molecule has 0 radical (unpaired) electrons. The molecule has 0 saturated carbocycles. The summed E-state index contributed by atoms with van der Waals surface area (Å²) < 4.78 is 25.0. The summed E-state index contributed by atoms with van der Waals surface area (Å²) in [5.41, 5.74) is 5.42. The fraction of sp³-hybridized carbons (Fsp3) is 0.312. The third-order valence-electron chi connectivity index (χ3n) is 11.6. The second kappa shape index (κ2) is 15.4. The molecular weight excluding hydrogens is 705 g/mol. The van der Waals surface area contributed by atoms with Crippen LogP contribution in [0.4, 0.5) is 0 Å². The molecule has 0 saturated heterocycles. The Balaban J connectivity index is 1.20. The third-order valence-corrected chi connectivity index (χ3v) is 11.6. The van der Waals surface area contributed by atoms with Gasteiger partial charge in [0.25, 0.3) is 0 Å². The van der Waals surface area contributed by atoms with Crippen LogP contribution in [0.15, 0.2) is 136 Å². The molecule has 8 nitrogen and oxygen atoms in total. The number of carbonyl (C=O) groups is 2. The summed E-state index contributed by atoms with van der Waals surface area (Å²) in [4.78, 5) is 41.2. The van der Waals surface area contributed by atoms with Gasteiger partial charge in [-0.05, 0) is 104 Å². The number of allylic oxidation sites excluding steroid dienone is 2. The van der Waals surface area contributed by atoms with Crippen LogP contribution >= 0.6 is 0 Å². The van der Waals surface area contributed by atoms with Gasteiger partial charge in [0.15, 0.2) is 12.2 Å². The highest BCUT2D eigenvalue weighted by Crippen LogP contribution is 2.48. The van der Waals surface area contributed by atoms with Gasteiger partial charge in [0, 0.05) is 35.3 Å². The fourth-order valence-corrected chi connectivity index (χ4v) is 8.60. The minimum Gasteiger partial charge on any atom is -0.483 e. The second-order valence-corrected chi connectivity index (χ2v) is 15.9. The number of hydrogen-bond donors (Lipinski definition) is 1. The molecule has 286 valence electrons. The highest BCUT2D eigenvalue weighted by Gasteiger charge is 2.50. The summed E-state index contributed by atoms with van der Waals surface area (Å²) in [7, 11) is 0. The molecule has 1 aromatic heterocycles. The van der Waals surface area contributed by atoms with Gasteiger partial charge in [0.2, 0.25) is 0 Å². The van der Waals surface area contributed by atoms with Crippen LogP contribution in [0.2, 0.25) is 0 Å². The van der Waals surface area contributed by atoms with E-state index in [2.05, 4.69) is 84.9 Å². The van der Waals surface area contributed by atoms with Crippen LogP contribution in [0.5, 0.6) is 5.75 Å². The molecule has 3 aliphatic heterocycles. The summed E-state index contributed by atoms with van der Waals surface area (Å²) in [6.07, 6.45) is 4.73. The molecule has 2 bridgehead atoms. The Morgan fingerprint density at radius 3 is 2.36 bits per heavy atom. The van der Waals surface area contributed by atoms with Crippen LogP contribution in [0.3, 0.4) is 0 Å². The van der Waals surface area contributed by atoms with E-state index in [0.29, 0.717) is 47.1 Å². The maximum absolute atomic E-state index is 14.5. The Bertz CT molecular complexity index is 2390. The maximum atomic E-state index is 14.5. The van der Waals surface area contributed by atoms with Crippen molar-refractivity contribution in [1.29, 1.82) is 0 Å². The Labute approximate surface area is 326 Å². The number of benzene rings is 4. The van der Waals surface area contributed by atoms with Crippen molar-refractivity contribution in [3.8, 4) is 5.75 Å². The first-order chi connectivity index (χ1) is 27.1. The SMILES string of the molecule is CC(CO)=C1CCc2ccc(cc2)C2C=CC(c3cccc(Cc4ccccc4)c3)CC2CC(=O)OC2c3c(ccc4ccc(=O)oc34)OC(C)(C)C2OC1=O. The number of carbonyl (C=O) groups excluding carboxylic acids is 2. The molecule has 4 aliphatic rings. The number of ether oxygens (including phenoxy) is 3. The maximum Gasteiger partial charge on any atom is 0.336 e. The van der Waals surface area contributed by atoms with E-state index in [4.69, 9.17) is 18.6 Å². The van der Waals surface area contributed by atoms with Crippen molar-refractivity contribution in [2.24, 2.45) is 5.92 Å². The molecule has 9 rings (SSSR count). The lowest BCUT2D eigenvalue weighted by Gasteiger charge is -2.43. The van der Waals surface area contributed by atoms with Gasteiger partial charge in [-0.3, -0.25) is 4.79 Å². The number of rotatable bonds is 4. The number of hydrogen-bond acceptors (Lipinski definition) is 8. The Morgan fingerprint density at radius 2 is 1.57 bits per heavy atom. The molecule has 8 heteroatoms. The van der Waals surface area contributed by atoms with Gasteiger partial charge in [-0.2, -0.15) is 0 Å². The summed E-state index contributed by atoms with van der Waals surface area (Å²) >= 11 is 0. The number of esters is 2. The smallest absolute Gasteiger partial charge is 0.336 e. The molecule has 0 fully saturated rings. The molecular formula is C48H46O8. The van der Waals surface area contributed by atoms with Gasteiger partial charge in [-0.1, -0.05) is 91.0 Å². The standard InChI is InChI=1S/C48H46O8/c1-29(28-49)38-20-14-30-12-15-33(16-13-30)39-21-17-36(35-11-7-10-32(25-35)24-31-8-5-4-6-9-31)26-37(39)27-42(51)54-45-43-40(56-48(2,3)46(45)55-47(38)52)22-18-34-19-23-41(50)53-44(34)43/h4-13,15-19,21-23,25,36-37,39,45-46,49H,14,20,24,26-28H2,1-3H3. The van der Waals surface area contributed by atoms with E-state index in [0.717, 1.165) is 17.5 Å². The topological polar surface area (TPSA) is 112 Å². The highest BCUT2D eigenvalue weighted by molar-refractivity contribution is 5.90. The summed E-state index contributed by atoms with van der Waals surface area (Å²) in [6.45, 7) is 4.94. The second-order valence-electron chi connectivity index (χ2n) is 15.9. The zero-order chi connectivity index (χ0) is 39.0. The van der Waals surface area contributed by atoms with Crippen LogP contribution in [0.25, 0.3) is 11.0 Å². The van der Waals surface area contributed by atoms with E-state index in [9.17, 15) is 19.5 Å². The van der Waals surface area contributed by atoms with Crippen molar-refractivity contribution < 1.29 is 33.3 Å². The van der Waals surface area contributed by atoms with E-state index in [-0.39, 0.29) is 36.4 Å². The van der Waals surface area contributed by atoms with Crippen molar-refractivity contribution in [3.63, 3.8) is 0 Å². The van der Waals surface area contributed by atoms with Gasteiger partial charge < -0.3 is 23.7 Å². The van der Waals surface area contributed by atoms with Crippen LogP contribution < -0.4 is 10.4 Å².